The summed E-state index contributed by atoms with van der Waals surface area (Å²) >= 11 is 8.25. The molecule has 0 spiro atoms. The molecule has 0 unspecified atom stereocenters. The summed E-state index contributed by atoms with van der Waals surface area (Å²) in [4.78, 5) is 0. The molecular formula is C14H10BI4LiN4O5. The van der Waals surface area contributed by atoms with Crippen molar-refractivity contribution in [3.8, 4) is 11.5 Å². The first-order valence-corrected chi connectivity index (χ1v) is 11.6. The van der Waals surface area contributed by atoms with E-state index in [9.17, 15) is 15.2 Å². The van der Waals surface area contributed by atoms with E-state index in [1.165, 1.54) is 0 Å². The second-order valence-corrected chi connectivity index (χ2v) is 9.87. The summed E-state index contributed by atoms with van der Waals surface area (Å²) in [5, 5.41) is 45.2. The summed E-state index contributed by atoms with van der Waals surface area (Å²) < 4.78 is 12.2. The van der Waals surface area contributed by atoms with E-state index in [1.807, 2.05) is 57.3 Å². The van der Waals surface area contributed by atoms with Crippen LogP contribution in [0.4, 0.5) is 0 Å². The molecule has 0 aliphatic rings. The molecule has 0 radical (unpaired) electrons. The van der Waals surface area contributed by atoms with Crippen LogP contribution in [0.15, 0.2) is 45.0 Å². The molecule has 0 atom stereocenters. The first kappa shape index (κ1) is 27.4. The summed E-state index contributed by atoms with van der Waals surface area (Å²) in [7, 11) is -2.04. The molecule has 0 aliphatic carbocycles. The Morgan fingerprint density at radius 1 is 0.793 bits per heavy atom. The molecule has 0 bridgehead atoms. The number of hydrogen-bond acceptors (Lipinski definition) is 9. The number of benzene rings is 2. The molecule has 2 rings (SSSR count). The van der Waals surface area contributed by atoms with E-state index in [1.54, 1.807) is 12.1 Å². The van der Waals surface area contributed by atoms with Gasteiger partial charge in [0.15, 0.2) is 0 Å². The molecule has 0 saturated carbocycles. The van der Waals surface area contributed by atoms with Gasteiger partial charge in [-0.25, -0.2) is 0 Å². The van der Waals surface area contributed by atoms with Crippen molar-refractivity contribution >= 4 is 97.7 Å². The van der Waals surface area contributed by atoms with Crippen molar-refractivity contribution in [1.29, 1.82) is 0 Å². The Kier molecular flexibility index (Phi) is 13.0. The molecule has 0 amide bonds. The maximum Gasteiger partial charge on any atom is 1.00 e. The largest absolute Gasteiger partial charge is 1.00 e. The summed E-state index contributed by atoms with van der Waals surface area (Å²) in [5.41, 5.74) is 1.11. The standard InChI is InChI=1S/C14H10BI4N4O5.Li/c16-9-1-7(13(24)11(18)3-9)5-20-22-27-15(26)28-23-21-6-8-2-10(17)4-12(19)14(8)25;/h1-4,24-25H,5-6H2;/q-1;+1/b22-20+,23-21+;. The minimum atomic E-state index is -2.04. The van der Waals surface area contributed by atoms with Gasteiger partial charge in [-0.05, 0) is 115 Å². The average molecular weight is 840 g/mol. The number of hydrogen-bond donors (Lipinski definition) is 2. The molecule has 0 aliphatic heterocycles. The van der Waals surface area contributed by atoms with E-state index in [0.29, 0.717) is 18.3 Å². The number of nitrogens with zero attached hydrogens (tertiary/aromatic N) is 4. The van der Waals surface area contributed by atoms with Gasteiger partial charge in [-0.1, -0.05) is 0 Å². The molecule has 0 heterocycles. The van der Waals surface area contributed by atoms with Crippen molar-refractivity contribution in [2.24, 2.45) is 20.8 Å². The molecule has 15 heteroatoms. The Morgan fingerprint density at radius 2 is 1.17 bits per heavy atom. The quantitative estimate of drug-likeness (QED) is 0.180. The van der Waals surface area contributed by atoms with Gasteiger partial charge in [0.05, 0.1) is 20.2 Å². The van der Waals surface area contributed by atoms with Gasteiger partial charge >= 0.3 is 26.2 Å². The van der Waals surface area contributed by atoms with Crippen molar-refractivity contribution in [2.45, 2.75) is 13.1 Å². The molecule has 0 saturated heterocycles. The first-order valence-electron chi connectivity index (χ1n) is 7.32. The van der Waals surface area contributed by atoms with Crippen LogP contribution in [0.25, 0.3) is 0 Å². The smallest absolute Gasteiger partial charge is 0.805 e. The number of phenols is 2. The fourth-order valence-corrected chi connectivity index (χ4v) is 5.78. The van der Waals surface area contributed by atoms with E-state index < -0.39 is 7.32 Å². The van der Waals surface area contributed by atoms with E-state index in [4.69, 9.17) is 0 Å². The zero-order valence-corrected chi connectivity index (χ0v) is 23.4. The first-order chi connectivity index (χ1) is 13.3. The van der Waals surface area contributed by atoms with Gasteiger partial charge in [0.1, 0.15) is 11.5 Å². The van der Waals surface area contributed by atoms with Crippen molar-refractivity contribution in [3.63, 3.8) is 0 Å². The molecule has 0 fully saturated rings. The third kappa shape index (κ3) is 9.18. The van der Waals surface area contributed by atoms with Crippen LogP contribution in [0.2, 0.25) is 0 Å². The molecule has 148 valence electrons. The van der Waals surface area contributed by atoms with Gasteiger partial charge in [0.25, 0.3) is 0 Å². The predicted molar refractivity (Wildman–Crippen MR) is 132 cm³/mol. The number of aromatic hydroxyl groups is 2. The maximum absolute atomic E-state index is 11.4. The topological polar surface area (TPSA) is 131 Å². The normalized spacial score (nSPS) is 10.9. The monoisotopic (exact) mass is 840 g/mol. The third-order valence-corrected chi connectivity index (χ3v) is 5.97. The van der Waals surface area contributed by atoms with Crippen LogP contribution in [-0.2, 0) is 22.6 Å². The fourth-order valence-electron chi connectivity index (χ4n) is 1.85. The van der Waals surface area contributed by atoms with Crippen LogP contribution in [0.5, 0.6) is 11.5 Å². The molecule has 0 aromatic heterocycles. The second kappa shape index (κ2) is 13.7. The Bertz CT molecular complexity index is 837. The number of halogens is 4. The second-order valence-electron chi connectivity index (χ2n) is 5.05. The number of rotatable bonds is 8. The zero-order valence-electron chi connectivity index (χ0n) is 14.7. The van der Waals surface area contributed by atoms with Crippen molar-refractivity contribution in [1.82, 2.24) is 0 Å². The fraction of sp³-hybridized carbons (Fsp3) is 0.143. The number of phenolic OH excluding ortho intramolecular Hbond substituents is 2. The predicted octanol–water partition coefficient (Wildman–Crippen LogP) is 1.33. The Labute approximate surface area is 233 Å². The Balaban J connectivity index is 0.00000420. The third-order valence-electron chi connectivity index (χ3n) is 3.08. The van der Waals surface area contributed by atoms with Gasteiger partial charge in [-0.15, -0.1) is 0 Å². The maximum atomic E-state index is 11.4. The summed E-state index contributed by atoms with van der Waals surface area (Å²) in [6.07, 6.45) is 0. The molecule has 29 heavy (non-hydrogen) atoms. The molecule has 2 N–H and O–H groups in total. The average Bonchev–Trinajstić information content (AvgIpc) is 2.63. The molecular weight excluding hydrogens is 830 g/mol. The summed E-state index contributed by atoms with van der Waals surface area (Å²) in [6, 6.07) is 7.13. The van der Waals surface area contributed by atoms with Crippen LogP contribution in [0.3, 0.4) is 0 Å². The Hall–Kier alpha value is 0.382. The van der Waals surface area contributed by atoms with Gasteiger partial charge < -0.3 is 24.7 Å². The zero-order chi connectivity index (χ0) is 20.7. The van der Waals surface area contributed by atoms with Gasteiger partial charge in [0, 0.05) is 28.8 Å². The van der Waals surface area contributed by atoms with Gasteiger partial charge in [-0.2, -0.15) is 10.2 Å². The van der Waals surface area contributed by atoms with Crippen molar-refractivity contribution in [3.05, 3.63) is 49.7 Å². The van der Waals surface area contributed by atoms with Crippen LogP contribution in [0.1, 0.15) is 11.1 Å². The SMILES string of the molecule is [Li+].[O-]B(O/N=N/Cc1cc(I)cc(I)c1O)O/N=N/Cc1cc(I)cc(I)c1O. The minimum Gasteiger partial charge on any atom is -0.805 e. The van der Waals surface area contributed by atoms with Crippen molar-refractivity contribution < 1.29 is 43.6 Å². The van der Waals surface area contributed by atoms with E-state index in [2.05, 4.69) is 75.5 Å². The summed E-state index contributed by atoms with van der Waals surface area (Å²) in [5.74, 6) is 0.217. The van der Waals surface area contributed by atoms with E-state index >= 15 is 0 Å². The minimum absolute atomic E-state index is 0. The van der Waals surface area contributed by atoms with Crippen LogP contribution in [-0.4, -0.2) is 17.5 Å². The molecule has 2 aromatic rings. The molecule has 9 nitrogen and oxygen atoms in total. The molecule has 2 aromatic carbocycles. The van der Waals surface area contributed by atoms with Gasteiger partial charge in [0.2, 0.25) is 0 Å². The summed E-state index contributed by atoms with van der Waals surface area (Å²) in [6.45, 7) is 0.0783. The Morgan fingerprint density at radius 3 is 1.55 bits per heavy atom. The van der Waals surface area contributed by atoms with Crippen molar-refractivity contribution in [2.75, 3.05) is 0 Å². The van der Waals surface area contributed by atoms with Gasteiger partial charge in [-0.3, -0.25) is 0 Å². The van der Waals surface area contributed by atoms with E-state index in [0.717, 1.165) is 7.14 Å². The van der Waals surface area contributed by atoms with Crippen LogP contribution >= 0.6 is 90.4 Å². The van der Waals surface area contributed by atoms with E-state index in [-0.39, 0.29) is 43.4 Å². The van der Waals surface area contributed by atoms with Crippen LogP contribution < -0.4 is 23.9 Å². The van der Waals surface area contributed by atoms with Crippen LogP contribution in [0, 0.1) is 14.3 Å².